The first-order chi connectivity index (χ1) is 12.0. The molecule has 0 atom stereocenters. The number of aryl methyl sites for hydroxylation is 2. The molecule has 2 heterocycles. The normalized spacial score (nSPS) is 13.8. The van der Waals surface area contributed by atoms with Gasteiger partial charge < -0.3 is 15.0 Å². The number of halogens is 1. The highest BCUT2D eigenvalue weighted by Gasteiger charge is 2.16. The summed E-state index contributed by atoms with van der Waals surface area (Å²) in [4.78, 5) is 22.9. The number of benzene rings is 1. The monoisotopic (exact) mass is 344 g/mol. The van der Waals surface area contributed by atoms with Crippen molar-refractivity contribution in [2.24, 2.45) is 0 Å². The zero-order valence-corrected chi connectivity index (χ0v) is 14.4. The molecule has 25 heavy (non-hydrogen) atoms. The molecular formula is C18H21FN4O2. The molecular weight excluding hydrogens is 323 g/mol. The molecule has 2 aromatic rings. The van der Waals surface area contributed by atoms with Crippen LogP contribution in [-0.2, 0) is 4.79 Å². The first-order valence-corrected chi connectivity index (χ1v) is 8.31. The van der Waals surface area contributed by atoms with E-state index in [1.54, 1.807) is 25.1 Å². The number of nitrogens with one attached hydrogen (secondary N) is 1. The van der Waals surface area contributed by atoms with Gasteiger partial charge >= 0.3 is 0 Å². The highest BCUT2D eigenvalue weighted by atomic mass is 19.1. The molecule has 1 amide bonds. The van der Waals surface area contributed by atoms with E-state index in [1.165, 1.54) is 6.07 Å². The summed E-state index contributed by atoms with van der Waals surface area (Å²) in [5, 5.41) is 2.61. The molecule has 3 rings (SSSR count). The second-order valence-corrected chi connectivity index (χ2v) is 6.14. The molecule has 1 N–H and O–H groups in total. The number of aromatic nitrogens is 2. The zero-order chi connectivity index (χ0) is 17.8. The molecule has 132 valence electrons. The largest absolute Gasteiger partial charge is 0.467 e. The molecule has 0 aliphatic carbocycles. The second kappa shape index (κ2) is 7.46. The molecule has 0 radical (unpaired) electrons. The third-order valence-corrected chi connectivity index (χ3v) is 4.01. The average molecular weight is 344 g/mol. The summed E-state index contributed by atoms with van der Waals surface area (Å²) in [6.45, 7) is 5.19. The SMILES string of the molecule is Cc1cc(OCC(=O)Nc2ccc(C)c(F)c2)nc(N2CCCC2)n1. The average Bonchev–Trinajstić information content (AvgIpc) is 3.10. The van der Waals surface area contributed by atoms with Crippen LogP contribution in [0.4, 0.5) is 16.0 Å². The van der Waals surface area contributed by atoms with Gasteiger partial charge in [-0.2, -0.15) is 4.98 Å². The Labute approximate surface area is 146 Å². The third kappa shape index (κ3) is 4.43. The van der Waals surface area contributed by atoms with Crippen LogP contribution in [0.3, 0.4) is 0 Å². The molecule has 1 saturated heterocycles. The van der Waals surface area contributed by atoms with E-state index in [4.69, 9.17) is 4.74 Å². The summed E-state index contributed by atoms with van der Waals surface area (Å²) < 4.78 is 19.0. The lowest BCUT2D eigenvalue weighted by Crippen LogP contribution is -2.23. The van der Waals surface area contributed by atoms with Gasteiger partial charge in [-0.25, -0.2) is 9.37 Å². The molecule has 0 spiro atoms. The number of rotatable bonds is 5. The highest BCUT2D eigenvalue weighted by molar-refractivity contribution is 5.91. The first kappa shape index (κ1) is 17.1. The molecule has 1 aliphatic rings. The highest BCUT2D eigenvalue weighted by Crippen LogP contribution is 2.20. The number of anilines is 2. The van der Waals surface area contributed by atoms with Gasteiger partial charge in [0.05, 0.1) is 0 Å². The lowest BCUT2D eigenvalue weighted by atomic mass is 10.2. The van der Waals surface area contributed by atoms with Gasteiger partial charge in [0.25, 0.3) is 5.91 Å². The van der Waals surface area contributed by atoms with Crippen molar-refractivity contribution in [3.63, 3.8) is 0 Å². The lowest BCUT2D eigenvalue weighted by molar-refractivity contribution is -0.118. The Balaban J connectivity index is 1.60. The van der Waals surface area contributed by atoms with Crippen LogP contribution in [0.25, 0.3) is 0 Å². The van der Waals surface area contributed by atoms with Gasteiger partial charge in [-0.05, 0) is 44.4 Å². The predicted molar refractivity (Wildman–Crippen MR) is 93.5 cm³/mol. The van der Waals surface area contributed by atoms with Crippen molar-refractivity contribution in [2.45, 2.75) is 26.7 Å². The molecule has 7 heteroatoms. The van der Waals surface area contributed by atoms with E-state index < -0.39 is 0 Å². The van der Waals surface area contributed by atoms with Crippen molar-refractivity contribution in [2.75, 3.05) is 29.9 Å². The summed E-state index contributed by atoms with van der Waals surface area (Å²) in [6.07, 6.45) is 2.26. The van der Waals surface area contributed by atoms with Crippen molar-refractivity contribution in [1.82, 2.24) is 9.97 Å². The smallest absolute Gasteiger partial charge is 0.262 e. The summed E-state index contributed by atoms with van der Waals surface area (Å²) in [5.41, 5.74) is 1.71. The molecule has 0 unspecified atom stereocenters. The van der Waals surface area contributed by atoms with Gasteiger partial charge in [0.15, 0.2) is 6.61 Å². The first-order valence-electron chi connectivity index (χ1n) is 8.31. The van der Waals surface area contributed by atoms with Gasteiger partial charge in [-0.3, -0.25) is 4.79 Å². The van der Waals surface area contributed by atoms with E-state index in [0.717, 1.165) is 31.6 Å². The fourth-order valence-electron chi connectivity index (χ4n) is 2.66. The van der Waals surface area contributed by atoms with Gasteiger partial charge in [0, 0.05) is 30.5 Å². The maximum atomic E-state index is 13.5. The number of carbonyl (C=O) groups excluding carboxylic acids is 1. The minimum absolute atomic E-state index is 0.203. The fraction of sp³-hybridized carbons (Fsp3) is 0.389. The minimum atomic E-state index is -0.373. The van der Waals surface area contributed by atoms with E-state index in [1.807, 2.05) is 6.92 Å². The molecule has 1 fully saturated rings. The van der Waals surface area contributed by atoms with Gasteiger partial charge in [-0.15, -0.1) is 0 Å². The van der Waals surface area contributed by atoms with Crippen molar-refractivity contribution in [3.05, 3.63) is 41.3 Å². The number of hydrogen-bond donors (Lipinski definition) is 1. The van der Waals surface area contributed by atoms with E-state index in [-0.39, 0.29) is 18.3 Å². The predicted octanol–water partition coefficient (Wildman–Crippen LogP) is 2.85. The molecule has 6 nitrogen and oxygen atoms in total. The van der Waals surface area contributed by atoms with Crippen molar-refractivity contribution >= 4 is 17.5 Å². The van der Waals surface area contributed by atoms with Gasteiger partial charge in [0.1, 0.15) is 5.82 Å². The van der Waals surface area contributed by atoms with Gasteiger partial charge in [0.2, 0.25) is 11.8 Å². The Morgan fingerprint density at radius 3 is 2.72 bits per heavy atom. The van der Waals surface area contributed by atoms with Crippen LogP contribution in [0.2, 0.25) is 0 Å². The van der Waals surface area contributed by atoms with Crippen molar-refractivity contribution in [1.29, 1.82) is 0 Å². The Morgan fingerprint density at radius 2 is 2.00 bits per heavy atom. The summed E-state index contributed by atoms with van der Waals surface area (Å²) >= 11 is 0. The maximum Gasteiger partial charge on any atom is 0.262 e. The van der Waals surface area contributed by atoms with Crippen molar-refractivity contribution < 1.29 is 13.9 Å². The molecule has 1 aliphatic heterocycles. The van der Waals surface area contributed by atoms with E-state index in [9.17, 15) is 9.18 Å². The van der Waals surface area contributed by atoms with Crippen LogP contribution < -0.4 is 15.0 Å². The quantitative estimate of drug-likeness (QED) is 0.903. The standard InChI is InChI=1S/C18H21FN4O2/c1-12-5-6-14(10-15(12)19)21-16(24)11-25-17-9-13(2)20-18(22-17)23-7-3-4-8-23/h5-6,9-10H,3-4,7-8,11H2,1-2H3,(H,21,24). The van der Waals surface area contributed by atoms with E-state index in [0.29, 0.717) is 23.1 Å². The van der Waals surface area contributed by atoms with Crippen LogP contribution in [0.15, 0.2) is 24.3 Å². The van der Waals surface area contributed by atoms with Crippen LogP contribution in [-0.4, -0.2) is 35.6 Å². The number of amides is 1. The van der Waals surface area contributed by atoms with Crippen molar-refractivity contribution in [3.8, 4) is 5.88 Å². The number of hydrogen-bond acceptors (Lipinski definition) is 5. The summed E-state index contributed by atoms with van der Waals surface area (Å²) in [6, 6.07) is 6.24. The minimum Gasteiger partial charge on any atom is -0.467 e. The summed E-state index contributed by atoms with van der Waals surface area (Å²) in [5.74, 6) is 0.260. The molecule has 1 aromatic heterocycles. The van der Waals surface area contributed by atoms with E-state index in [2.05, 4.69) is 20.2 Å². The lowest BCUT2D eigenvalue weighted by Gasteiger charge is -2.16. The third-order valence-electron chi connectivity index (χ3n) is 4.01. The summed E-state index contributed by atoms with van der Waals surface area (Å²) in [7, 11) is 0. The van der Waals surface area contributed by atoms with Crippen LogP contribution in [0.1, 0.15) is 24.1 Å². The second-order valence-electron chi connectivity index (χ2n) is 6.14. The van der Waals surface area contributed by atoms with Crippen LogP contribution in [0, 0.1) is 19.7 Å². The fourth-order valence-corrected chi connectivity index (χ4v) is 2.66. The maximum absolute atomic E-state index is 13.5. The van der Waals surface area contributed by atoms with Crippen LogP contribution in [0.5, 0.6) is 5.88 Å². The number of ether oxygens (including phenoxy) is 1. The number of nitrogens with zero attached hydrogens (tertiary/aromatic N) is 3. The molecule has 1 aromatic carbocycles. The molecule has 0 bridgehead atoms. The number of carbonyl (C=O) groups is 1. The Hall–Kier alpha value is -2.70. The Bertz CT molecular complexity index is 776. The topological polar surface area (TPSA) is 67.3 Å². The molecule has 0 saturated carbocycles. The zero-order valence-electron chi connectivity index (χ0n) is 14.4. The Kier molecular flexibility index (Phi) is 5.11. The Morgan fingerprint density at radius 1 is 1.24 bits per heavy atom. The van der Waals surface area contributed by atoms with Gasteiger partial charge in [-0.1, -0.05) is 6.07 Å². The van der Waals surface area contributed by atoms with Crippen LogP contribution >= 0.6 is 0 Å². The van der Waals surface area contributed by atoms with E-state index >= 15 is 0 Å².